The Labute approximate surface area is 173 Å². The van der Waals surface area contributed by atoms with E-state index in [9.17, 15) is 14.4 Å². The Kier molecular flexibility index (Phi) is 5.52. The van der Waals surface area contributed by atoms with Gasteiger partial charge >= 0.3 is 12.1 Å². The number of aliphatic carboxylic acids is 1. The molecular weight excluding hydrogens is 384 g/mol. The molecule has 7 nitrogen and oxygen atoms in total. The molecule has 0 saturated carbocycles. The summed E-state index contributed by atoms with van der Waals surface area (Å²) in [5, 5.41) is 14.1. The molecule has 154 valence electrons. The number of ether oxygens (including phenoxy) is 1. The van der Waals surface area contributed by atoms with Crippen LogP contribution in [0.1, 0.15) is 29.9 Å². The van der Waals surface area contributed by atoms with Gasteiger partial charge in [-0.15, -0.1) is 0 Å². The number of benzene rings is 2. The zero-order chi connectivity index (χ0) is 21.1. The summed E-state index contributed by atoms with van der Waals surface area (Å²) in [6.07, 6.45) is 1.69. The van der Waals surface area contributed by atoms with Crippen molar-refractivity contribution in [3.63, 3.8) is 0 Å². The van der Waals surface area contributed by atoms with Crippen LogP contribution in [0.5, 0.6) is 0 Å². The van der Waals surface area contributed by atoms with Crippen molar-refractivity contribution >= 4 is 18.0 Å². The van der Waals surface area contributed by atoms with Gasteiger partial charge < -0.3 is 20.5 Å². The highest BCUT2D eigenvalue weighted by Gasteiger charge is 2.29. The lowest BCUT2D eigenvalue weighted by atomic mass is 9.98. The molecule has 4 rings (SSSR count). The molecule has 2 aromatic rings. The van der Waals surface area contributed by atoms with Gasteiger partial charge in [0.25, 0.3) is 0 Å². The van der Waals surface area contributed by atoms with E-state index in [4.69, 9.17) is 9.84 Å². The average molecular weight is 406 g/mol. The Bertz CT molecular complexity index is 984. The van der Waals surface area contributed by atoms with E-state index in [1.54, 1.807) is 6.08 Å². The SMILES string of the molecule is O=C(CNC(=O)OCC1c2ccccc2-c2ccccc21)NC1CC=C(C(=O)O)C1. The molecule has 0 radical (unpaired) electrons. The predicted molar refractivity (Wildman–Crippen MR) is 110 cm³/mol. The van der Waals surface area contributed by atoms with Crippen LogP contribution in [0.15, 0.2) is 60.2 Å². The van der Waals surface area contributed by atoms with Crippen molar-refractivity contribution in [2.24, 2.45) is 0 Å². The Hall–Kier alpha value is -3.61. The third-order valence-electron chi connectivity index (χ3n) is 5.49. The van der Waals surface area contributed by atoms with Crippen molar-refractivity contribution in [3.05, 3.63) is 71.3 Å². The zero-order valence-corrected chi connectivity index (χ0v) is 16.3. The van der Waals surface area contributed by atoms with Gasteiger partial charge in [0.15, 0.2) is 0 Å². The van der Waals surface area contributed by atoms with Crippen LogP contribution in [-0.2, 0) is 14.3 Å². The number of hydrogen-bond donors (Lipinski definition) is 3. The highest BCUT2D eigenvalue weighted by Crippen LogP contribution is 2.44. The fourth-order valence-corrected chi connectivity index (χ4v) is 4.08. The summed E-state index contributed by atoms with van der Waals surface area (Å²) >= 11 is 0. The number of hydrogen-bond acceptors (Lipinski definition) is 4. The summed E-state index contributed by atoms with van der Waals surface area (Å²) < 4.78 is 5.39. The normalized spacial score (nSPS) is 16.9. The maximum atomic E-state index is 12.1. The lowest BCUT2D eigenvalue weighted by molar-refractivity contribution is -0.133. The molecule has 30 heavy (non-hydrogen) atoms. The third-order valence-corrected chi connectivity index (χ3v) is 5.49. The molecule has 2 amide bonds. The molecule has 2 aromatic carbocycles. The lowest BCUT2D eigenvalue weighted by Gasteiger charge is -2.15. The first kappa shape index (κ1) is 19.7. The van der Waals surface area contributed by atoms with Crippen molar-refractivity contribution in [3.8, 4) is 11.1 Å². The summed E-state index contributed by atoms with van der Waals surface area (Å²) in [4.78, 5) is 35.0. The molecule has 7 heteroatoms. The summed E-state index contributed by atoms with van der Waals surface area (Å²) in [7, 11) is 0. The monoisotopic (exact) mass is 406 g/mol. The molecule has 0 heterocycles. The van der Waals surface area contributed by atoms with Crippen LogP contribution in [0, 0.1) is 0 Å². The van der Waals surface area contributed by atoms with Crippen molar-refractivity contribution in [2.45, 2.75) is 24.8 Å². The number of fused-ring (bicyclic) bond motifs is 3. The number of alkyl carbamates (subject to hydrolysis) is 1. The summed E-state index contributed by atoms with van der Waals surface area (Å²) in [5.41, 5.74) is 4.82. The van der Waals surface area contributed by atoms with Gasteiger partial charge in [-0.05, 0) is 35.1 Å². The number of carbonyl (C=O) groups excluding carboxylic acids is 2. The van der Waals surface area contributed by atoms with E-state index >= 15 is 0 Å². The number of carboxylic acids is 1. The predicted octanol–water partition coefficient (Wildman–Crippen LogP) is 2.81. The first-order chi connectivity index (χ1) is 14.5. The van der Waals surface area contributed by atoms with Crippen molar-refractivity contribution in [1.82, 2.24) is 10.6 Å². The molecule has 0 fully saturated rings. The highest BCUT2D eigenvalue weighted by molar-refractivity contribution is 5.88. The van der Waals surface area contributed by atoms with Crippen molar-refractivity contribution in [1.29, 1.82) is 0 Å². The van der Waals surface area contributed by atoms with Gasteiger partial charge in [-0.25, -0.2) is 9.59 Å². The van der Waals surface area contributed by atoms with Crippen LogP contribution >= 0.6 is 0 Å². The Morgan fingerprint density at radius 2 is 1.63 bits per heavy atom. The topological polar surface area (TPSA) is 105 Å². The molecule has 1 atom stereocenters. The van der Waals surface area contributed by atoms with Gasteiger partial charge in [0.2, 0.25) is 5.91 Å². The Balaban J connectivity index is 1.27. The van der Waals surface area contributed by atoms with Gasteiger partial charge in [0, 0.05) is 17.5 Å². The molecule has 2 aliphatic rings. The number of carbonyl (C=O) groups is 3. The highest BCUT2D eigenvalue weighted by atomic mass is 16.5. The second-order valence-corrected chi connectivity index (χ2v) is 7.42. The van der Waals surface area contributed by atoms with Crippen LogP contribution in [0.2, 0.25) is 0 Å². The molecule has 0 saturated heterocycles. The molecule has 1 unspecified atom stereocenters. The minimum atomic E-state index is -0.969. The molecule has 2 aliphatic carbocycles. The van der Waals surface area contributed by atoms with E-state index in [2.05, 4.69) is 22.8 Å². The number of carboxylic acid groups (broad SMARTS) is 1. The van der Waals surface area contributed by atoms with Crippen LogP contribution in [0.3, 0.4) is 0 Å². The van der Waals surface area contributed by atoms with Crippen molar-refractivity contribution < 1.29 is 24.2 Å². The van der Waals surface area contributed by atoms with Gasteiger partial charge in [-0.3, -0.25) is 4.79 Å². The van der Waals surface area contributed by atoms with Crippen LogP contribution in [-0.4, -0.2) is 42.3 Å². The number of nitrogens with one attached hydrogen (secondary N) is 2. The molecule has 3 N–H and O–H groups in total. The minimum Gasteiger partial charge on any atom is -0.478 e. The molecule has 0 spiro atoms. The maximum Gasteiger partial charge on any atom is 0.407 e. The van der Waals surface area contributed by atoms with Gasteiger partial charge in [0.05, 0.1) is 0 Å². The van der Waals surface area contributed by atoms with Crippen LogP contribution in [0.4, 0.5) is 4.79 Å². The summed E-state index contributed by atoms with van der Waals surface area (Å²) in [6.45, 7) is -0.0500. The standard InChI is InChI=1S/C23H22N2O5/c26-21(25-15-10-9-14(11-15)22(27)28)12-24-23(29)30-13-20-18-7-3-1-5-16(18)17-6-2-4-8-19(17)20/h1-9,15,20H,10-13H2,(H,24,29)(H,25,26)(H,27,28). The van der Waals surface area contributed by atoms with E-state index in [0.717, 1.165) is 22.3 Å². The smallest absolute Gasteiger partial charge is 0.407 e. The van der Waals surface area contributed by atoms with Crippen LogP contribution < -0.4 is 10.6 Å². The van der Waals surface area contributed by atoms with E-state index in [0.29, 0.717) is 12.0 Å². The second-order valence-electron chi connectivity index (χ2n) is 7.42. The first-order valence-electron chi connectivity index (χ1n) is 9.83. The van der Waals surface area contributed by atoms with E-state index < -0.39 is 12.1 Å². The quantitative estimate of drug-likeness (QED) is 0.684. The number of amides is 2. The largest absolute Gasteiger partial charge is 0.478 e. The second kappa shape index (κ2) is 8.41. The first-order valence-corrected chi connectivity index (χ1v) is 9.83. The summed E-state index contributed by atoms with van der Waals surface area (Å²) in [6, 6.07) is 15.9. The van der Waals surface area contributed by atoms with Gasteiger partial charge in [0.1, 0.15) is 13.2 Å². The Morgan fingerprint density at radius 3 is 2.23 bits per heavy atom. The Morgan fingerprint density at radius 1 is 1.00 bits per heavy atom. The summed E-state index contributed by atoms with van der Waals surface area (Å²) in [5.74, 6) is -1.40. The van der Waals surface area contributed by atoms with Crippen LogP contribution in [0.25, 0.3) is 11.1 Å². The lowest BCUT2D eigenvalue weighted by Crippen LogP contribution is -2.41. The van der Waals surface area contributed by atoms with E-state index in [-0.39, 0.29) is 37.4 Å². The van der Waals surface area contributed by atoms with Gasteiger partial charge in [-0.2, -0.15) is 0 Å². The zero-order valence-electron chi connectivity index (χ0n) is 16.3. The fourth-order valence-electron chi connectivity index (χ4n) is 4.08. The van der Waals surface area contributed by atoms with Crippen molar-refractivity contribution in [2.75, 3.05) is 13.2 Å². The number of rotatable bonds is 6. The molecular formula is C23H22N2O5. The third kappa shape index (κ3) is 4.05. The molecule has 0 aromatic heterocycles. The molecule has 0 aliphatic heterocycles. The average Bonchev–Trinajstić information content (AvgIpc) is 3.34. The minimum absolute atomic E-state index is 0.0454. The maximum absolute atomic E-state index is 12.1. The van der Waals surface area contributed by atoms with E-state index in [1.165, 1.54) is 0 Å². The van der Waals surface area contributed by atoms with Gasteiger partial charge in [-0.1, -0.05) is 54.6 Å². The molecule has 0 bridgehead atoms. The fraction of sp³-hybridized carbons (Fsp3) is 0.261. The van der Waals surface area contributed by atoms with E-state index in [1.807, 2.05) is 36.4 Å².